The second kappa shape index (κ2) is 5.11. The fourth-order valence-corrected chi connectivity index (χ4v) is 2.64. The normalized spacial score (nSPS) is 10.1. The molecule has 0 amide bonds. The van der Waals surface area contributed by atoms with E-state index in [0.717, 1.165) is 20.8 Å². The van der Waals surface area contributed by atoms with Gasteiger partial charge in [-0.15, -0.1) is 11.3 Å². The van der Waals surface area contributed by atoms with Crippen molar-refractivity contribution in [3.05, 3.63) is 48.5 Å². The zero-order chi connectivity index (χ0) is 11.0. The Morgan fingerprint density at radius 2 is 1.65 bits per heavy atom. The van der Waals surface area contributed by atoms with E-state index in [-0.39, 0.29) is 32.0 Å². The van der Waals surface area contributed by atoms with Crippen molar-refractivity contribution >= 4 is 21.6 Å². The van der Waals surface area contributed by atoms with Crippen molar-refractivity contribution in [2.75, 3.05) is 0 Å². The van der Waals surface area contributed by atoms with Gasteiger partial charge in [-0.25, -0.2) is 4.98 Å². The second-order valence-electron chi connectivity index (χ2n) is 3.50. The molecule has 4 heteroatoms. The number of hydrogen-bond acceptors (Lipinski definition) is 3. The summed E-state index contributed by atoms with van der Waals surface area (Å²) < 4.78 is 1.14. The summed E-state index contributed by atoms with van der Waals surface area (Å²) in [6.07, 6.45) is 0. The Bertz CT molecular complexity index is 617. The van der Waals surface area contributed by atoms with Crippen LogP contribution in [0.5, 0.6) is 5.75 Å². The molecule has 0 atom stereocenters. The van der Waals surface area contributed by atoms with Crippen LogP contribution in [0.4, 0.5) is 0 Å². The van der Waals surface area contributed by atoms with E-state index >= 15 is 0 Å². The standard InChI is InChI=1S/C13H9NOS.Zr/c15-11-7-3-1-5-9(11)13-14-10-6-2-4-8-12(10)16-13;/h1-8,15H;. The molecule has 0 unspecified atom stereocenters. The third-order valence-electron chi connectivity index (χ3n) is 2.43. The van der Waals surface area contributed by atoms with Crippen molar-refractivity contribution in [1.82, 2.24) is 4.98 Å². The minimum atomic E-state index is 0. The van der Waals surface area contributed by atoms with Crippen LogP contribution in [0.25, 0.3) is 20.8 Å². The molecule has 0 fully saturated rings. The minimum absolute atomic E-state index is 0. The molecule has 2 aromatic carbocycles. The largest absolute Gasteiger partial charge is 0.507 e. The molecule has 2 nitrogen and oxygen atoms in total. The number of aromatic nitrogens is 1. The Kier molecular flexibility index (Phi) is 3.75. The van der Waals surface area contributed by atoms with Crippen molar-refractivity contribution in [1.29, 1.82) is 0 Å². The van der Waals surface area contributed by atoms with Crippen LogP contribution in [0.1, 0.15) is 0 Å². The Morgan fingerprint density at radius 1 is 0.941 bits per heavy atom. The van der Waals surface area contributed by atoms with Gasteiger partial charge in [0, 0.05) is 26.2 Å². The fraction of sp³-hybridized carbons (Fsp3) is 0. The Labute approximate surface area is 122 Å². The third-order valence-corrected chi connectivity index (χ3v) is 3.50. The van der Waals surface area contributed by atoms with Crippen molar-refractivity contribution < 1.29 is 31.3 Å². The van der Waals surface area contributed by atoms with E-state index in [1.54, 1.807) is 17.4 Å². The number of benzene rings is 2. The quantitative estimate of drug-likeness (QED) is 0.743. The van der Waals surface area contributed by atoms with Crippen LogP contribution in [-0.4, -0.2) is 10.1 Å². The molecule has 0 radical (unpaired) electrons. The van der Waals surface area contributed by atoms with Gasteiger partial charge in [0.25, 0.3) is 0 Å². The molecule has 0 saturated carbocycles. The van der Waals surface area contributed by atoms with E-state index in [4.69, 9.17) is 0 Å². The van der Waals surface area contributed by atoms with Gasteiger partial charge in [-0.1, -0.05) is 24.3 Å². The van der Waals surface area contributed by atoms with E-state index < -0.39 is 0 Å². The fourth-order valence-electron chi connectivity index (χ4n) is 1.64. The summed E-state index contributed by atoms with van der Waals surface area (Å²) in [4.78, 5) is 4.50. The smallest absolute Gasteiger partial charge is 0.128 e. The monoisotopic (exact) mass is 317 g/mol. The predicted octanol–water partition coefficient (Wildman–Crippen LogP) is 3.67. The molecule has 0 aliphatic rings. The van der Waals surface area contributed by atoms with Crippen LogP contribution in [-0.2, 0) is 26.2 Å². The maximum absolute atomic E-state index is 9.76. The molecular weight excluding hydrogens is 309 g/mol. The van der Waals surface area contributed by atoms with Gasteiger partial charge in [0.1, 0.15) is 10.8 Å². The number of phenols is 1. The van der Waals surface area contributed by atoms with Gasteiger partial charge in [-0.05, 0) is 24.3 Å². The number of para-hydroxylation sites is 2. The van der Waals surface area contributed by atoms with Crippen molar-refractivity contribution in [3.8, 4) is 16.3 Å². The minimum Gasteiger partial charge on any atom is -0.507 e. The maximum Gasteiger partial charge on any atom is 0.128 e. The van der Waals surface area contributed by atoms with E-state index in [9.17, 15) is 5.11 Å². The maximum atomic E-state index is 9.76. The molecule has 0 aliphatic heterocycles. The third kappa shape index (κ3) is 2.33. The summed E-state index contributed by atoms with van der Waals surface area (Å²) in [6.45, 7) is 0. The van der Waals surface area contributed by atoms with E-state index in [1.165, 1.54) is 0 Å². The molecule has 17 heavy (non-hydrogen) atoms. The van der Waals surface area contributed by atoms with Crippen LogP contribution >= 0.6 is 11.3 Å². The SMILES string of the molecule is Oc1ccccc1-c1nc2ccccc2s1.[Zr]. The summed E-state index contributed by atoms with van der Waals surface area (Å²) in [5.41, 5.74) is 1.77. The Balaban J connectivity index is 0.00000108. The van der Waals surface area contributed by atoms with Gasteiger partial charge >= 0.3 is 0 Å². The number of aromatic hydroxyl groups is 1. The van der Waals surface area contributed by atoms with E-state index in [2.05, 4.69) is 4.98 Å². The van der Waals surface area contributed by atoms with Gasteiger partial charge in [0.2, 0.25) is 0 Å². The molecule has 3 aromatic rings. The summed E-state index contributed by atoms with van der Waals surface area (Å²) in [6, 6.07) is 15.3. The van der Waals surface area contributed by atoms with Crippen LogP contribution in [0.2, 0.25) is 0 Å². The van der Waals surface area contributed by atoms with Crippen LogP contribution < -0.4 is 0 Å². The first-order valence-corrected chi connectivity index (χ1v) is 5.80. The summed E-state index contributed by atoms with van der Waals surface area (Å²) in [5, 5.41) is 10.6. The van der Waals surface area contributed by atoms with Crippen molar-refractivity contribution in [2.45, 2.75) is 0 Å². The molecule has 0 aliphatic carbocycles. The number of thiazole rings is 1. The van der Waals surface area contributed by atoms with Gasteiger partial charge in [0.05, 0.1) is 15.8 Å². The zero-order valence-corrected chi connectivity index (χ0v) is 12.2. The summed E-state index contributed by atoms with van der Waals surface area (Å²) in [5.74, 6) is 0.279. The topological polar surface area (TPSA) is 33.1 Å². The number of hydrogen-bond donors (Lipinski definition) is 1. The first-order valence-electron chi connectivity index (χ1n) is 4.98. The summed E-state index contributed by atoms with van der Waals surface area (Å²) >= 11 is 1.59. The first-order chi connectivity index (χ1) is 7.84. The number of rotatable bonds is 1. The molecule has 0 saturated heterocycles. The number of phenolic OH excluding ortho intramolecular Hbond substituents is 1. The van der Waals surface area contributed by atoms with Gasteiger partial charge < -0.3 is 5.11 Å². The Morgan fingerprint density at radius 3 is 2.41 bits per heavy atom. The molecule has 1 aromatic heterocycles. The summed E-state index contributed by atoms with van der Waals surface area (Å²) in [7, 11) is 0. The van der Waals surface area contributed by atoms with E-state index in [1.807, 2.05) is 42.5 Å². The molecule has 82 valence electrons. The Hall–Kier alpha value is -0.987. The molecule has 0 bridgehead atoms. The average Bonchev–Trinajstić information content (AvgIpc) is 2.73. The number of nitrogens with zero attached hydrogens (tertiary/aromatic N) is 1. The van der Waals surface area contributed by atoms with Crippen molar-refractivity contribution in [3.63, 3.8) is 0 Å². The zero-order valence-electron chi connectivity index (χ0n) is 8.92. The van der Waals surface area contributed by atoms with Gasteiger partial charge in [-0.2, -0.15) is 0 Å². The van der Waals surface area contributed by atoms with E-state index in [0.29, 0.717) is 0 Å². The van der Waals surface area contributed by atoms with Crippen LogP contribution in [0, 0.1) is 0 Å². The second-order valence-corrected chi connectivity index (χ2v) is 4.53. The molecule has 3 rings (SSSR count). The average molecular weight is 319 g/mol. The van der Waals surface area contributed by atoms with Gasteiger partial charge in [-0.3, -0.25) is 0 Å². The van der Waals surface area contributed by atoms with Crippen LogP contribution in [0.3, 0.4) is 0 Å². The predicted molar refractivity (Wildman–Crippen MR) is 66.7 cm³/mol. The van der Waals surface area contributed by atoms with Crippen LogP contribution in [0.15, 0.2) is 48.5 Å². The molecule has 0 spiro atoms. The van der Waals surface area contributed by atoms with Gasteiger partial charge in [0.15, 0.2) is 0 Å². The molecular formula is C13H9NOSZr. The van der Waals surface area contributed by atoms with Crippen molar-refractivity contribution in [2.24, 2.45) is 0 Å². The molecule has 1 heterocycles. The number of fused-ring (bicyclic) bond motifs is 1. The molecule has 1 N–H and O–H groups in total. The first kappa shape index (κ1) is 12.5.